The van der Waals surface area contributed by atoms with Gasteiger partial charge in [-0.2, -0.15) is 0 Å². The van der Waals surface area contributed by atoms with Crippen LogP contribution in [0.2, 0.25) is 0 Å². The minimum atomic E-state index is 0.173. The lowest BCUT2D eigenvalue weighted by Crippen LogP contribution is -2.36. The van der Waals surface area contributed by atoms with Crippen molar-refractivity contribution >= 4 is 27.6 Å². The molecule has 3 heteroatoms. The third-order valence-corrected chi connectivity index (χ3v) is 6.38. The lowest BCUT2D eigenvalue weighted by atomic mass is 9.77. The summed E-state index contributed by atoms with van der Waals surface area (Å²) in [5.41, 5.74) is 7.02. The monoisotopic (exact) mass is 369 g/mol. The highest BCUT2D eigenvalue weighted by Crippen LogP contribution is 2.49. The summed E-state index contributed by atoms with van der Waals surface area (Å²) in [7, 11) is 0. The van der Waals surface area contributed by atoms with Crippen LogP contribution in [0.4, 0.5) is 5.69 Å². The lowest BCUT2D eigenvalue weighted by molar-refractivity contribution is -0.0381. The molecule has 1 aromatic heterocycles. The van der Waals surface area contributed by atoms with E-state index in [-0.39, 0.29) is 12.1 Å². The van der Waals surface area contributed by atoms with Gasteiger partial charge in [-0.3, -0.25) is 0 Å². The molecule has 2 aliphatic heterocycles. The Kier molecular flexibility index (Phi) is 3.54. The molecule has 6 rings (SSSR count). The summed E-state index contributed by atoms with van der Waals surface area (Å²) in [4.78, 5) is 0. The Hall–Kier alpha value is -2.78. The number of anilines is 1. The first-order valence-corrected chi connectivity index (χ1v) is 10.2. The molecule has 1 fully saturated rings. The van der Waals surface area contributed by atoms with Crippen molar-refractivity contribution in [3.63, 3.8) is 0 Å². The van der Waals surface area contributed by atoms with Gasteiger partial charge in [0, 0.05) is 34.5 Å². The van der Waals surface area contributed by atoms with Crippen LogP contribution in [0.3, 0.4) is 0 Å². The van der Waals surface area contributed by atoms with Crippen LogP contribution in [0.1, 0.15) is 41.7 Å². The molecule has 3 nitrogen and oxygen atoms in total. The summed E-state index contributed by atoms with van der Waals surface area (Å²) in [6.45, 7) is 3.01. The number of benzene rings is 3. The second-order valence-electron chi connectivity index (χ2n) is 8.16. The molecule has 0 amide bonds. The van der Waals surface area contributed by atoms with Gasteiger partial charge in [0.2, 0.25) is 0 Å². The molecular formula is C25H23NO2. The molecule has 28 heavy (non-hydrogen) atoms. The Bertz CT molecular complexity index is 1190. The van der Waals surface area contributed by atoms with Gasteiger partial charge in [-0.15, -0.1) is 0 Å². The lowest BCUT2D eigenvalue weighted by Gasteiger charge is -2.43. The van der Waals surface area contributed by atoms with Crippen molar-refractivity contribution in [2.24, 2.45) is 5.92 Å². The quantitative estimate of drug-likeness (QED) is 0.414. The minimum absolute atomic E-state index is 0.173. The first-order valence-electron chi connectivity index (χ1n) is 10.2. The number of rotatable bonds is 1. The zero-order valence-corrected chi connectivity index (χ0v) is 15.9. The molecule has 0 radical (unpaired) electrons. The highest BCUT2D eigenvalue weighted by Gasteiger charge is 2.39. The number of nitrogens with one attached hydrogen (secondary N) is 1. The van der Waals surface area contributed by atoms with Crippen molar-refractivity contribution in [3.8, 4) is 0 Å². The largest absolute Gasteiger partial charge is 0.456 e. The Morgan fingerprint density at radius 1 is 0.929 bits per heavy atom. The molecule has 0 aliphatic carbocycles. The summed E-state index contributed by atoms with van der Waals surface area (Å²) in [5.74, 6) is 0.443. The molecule has 1 N–H and O–H groups in total. The average Bonchev–Trinajstić information content (AvgIpc) is 3.11. The fourth-order valence-corrected chi connectivity index (χ4v) is 5.06. The standard InChI is InChI=1S/C25H23NO2/c1-15-8-10-21-20(13-15)25-18(6-4-12-27-25)24(26-21)16-9-11-23-19(14-16)17-5-2-3-7-22(17)28-23/h2-3,5,7-11,13-14,18,24-26H,4,6,12H2,1H3/t18?,24-,25?/m1/s1. The second kappa shape index (κ2) is 6.11. The van der Waals surface area contributed by atoms with Gasteiger partial charge in [-0.1, -0.05) is 42.0 Å². The topological polar surface area (TPSA) is 34.4 Å². The van der Waals surface area contributed by atoms with Gasteiger partial charge in [-0.25, -0.2) is 0 Å². The number of furan rings is 1. The highest BCUT2D eigenvalue weighted by atomic mass is 16.5. The van der Waals surface area contributed by atoms with E-state index in [1.54, 1.807) is 0 Å². The van der Waals surface area contributed by atoms with Gasteiger partial charge in [-0.05, 0) is 49.6 Å². The SMILES string of the molecule is Cc1ccc2c(c1)C1OCCCC1[C@@H](c1ccc3oc4ccccc4c3c1)N2. The minimum Gasteiger partial charge on any atom is -0.456 e. The van der Waals surface area contributed by atoms with Crippen molar-refractivity contribution in [2.75, 3.05) is 11.9 Å². The van der Waals surface area contributed by atoms with Crippen LogP contribution in [-0.2, 0) is 4.74 Å². The van der Waals surface area contributed by atoms with Crippen LogP contribution in [0, 0.1) is 12.8 Å². The number of aryl methyl sites for hydroxylation is 1. The van der Waals surface area contributed by atoms with Gasteiger partial charge >= 0.3 is 0 Å². The van der Waals surface area contributed by atoms with Crippen molar-refractivity contribution in [1.29, 1.82) is 0 Å². The van der Waals surface area contributed by atoms with E-state index in [1.165, 1.54) is 39.6 Å². The number of fused-ring (bicyclic) bond motifs is 6. The van der Waals surface area contributed by atoms with Gasteiger partial charge < -0.3 is 14.5 Å². The Balaban J connectivity index is 1.49. The summed E-state index contributed by atoms with van der Waals surface area (Å²) in [6.07, 6.45) is 2.48. The number of hydrogen-bond donors (Lipinski definition) is 1. The molecule has 0 bridgehead atoms. The molecular weight excluding hydrogens is 346 g/mol. The Morgan fingerprint density at radius 3 is 2.79 bits per heavy atom. The molecule has 2 aliphatic rings. The molecule has 3 heterocycles. The molecule has 140 valence electrons. The zero-order valence-electron chi connectivity index (χ0n) is 15.9. The van der Waals surface area contributed by atoms with E-state index in [9.17, 15) is 0 Å². The fraction of sp³-hybridized carbons (Fsp3) is 0.280. The third kappa shape index (κ3) is 2.39. The maximum Gasteiger partial charge on any atom is 0.135 e. The predicted molar refractivity (Wildman–Crippen MR) is 113 cm³/mol. The average molecular weight is 369 g/mol. The van der Waals surface area contributed by atoms with Crippen molar-refractivity contribution in [2.45, 2.75) is 31.9 Å². The molecule has 0 saturated carbocycles. The number of ether oxygens (including phenoxy) is 1. The van der Waals surface area contributed by atoms with E-state index in [4.69, 9.17) is 9.15 Å². The van der Waals surface area contributed by atoms with Crippen molar-refractivity contribution in [1.82, 2.24) is 0 Å². The van der Waals surface area contributed by atoms with E-state index in [2.05, 4.69) is 60.8 Å². The second-order valence-corrected chi connectivity index (χ2v) is 8.16. The fourth-order valence-electron chi connectivity index (χ4n) is 5.06. The highest BCUT2D eigenvalue weighted by molar-refractivity contribution is 6.05. The molecule has 3 aromatic carbocycles. The molecule has 1 saturated heterocycles. The molecule has 2 unspecified atom stereocenters. The Labute approximate surface area is 164 Å². The number of para-hydroxylation sites is 1. The van der Waals surface area contributed by atoms with Crippen LogP contribution in [-0.4, -0.2) is 6.61 Å². The van der Waals surface area contributed by atoms with Crippen LogP contribution in [0.5, 0.6) is 0 Å². The van der Waals surface area contributed by atoms with E-state index in [1.807, 2.05) is 12.1 Å². The zero-order chi connectivity index (χ0) is 18.7. The van der Waals surface area contributed by atoms with Gasteiger partial charge in [0.05, 0.1) is 12.1 Å². The van der Waals surface area contributed by atoms with E-state index >= 15 is 0 Å². The third-order valence-electron chi connectivity index (χ3n) is 6.38. The predicted octanol–water partition coefficient (Wildman–Crippen LogP) is 6.53. The van der Waals surface area contributed by atoms with Crippen LogP contribution in [0.25, 0.3) is 21.9 Å². The van der Waals surface area contributed by atoms with Crippen LogP contribution >= 0.6 is 0 Å². The van der Waals surface area contributed by atoms with Gasteiger partial charge in [0.25, 0.3) is 0 Å². The van der Waals surface area contributed by atoms with E-state index in [0.717, 1.165) is 24.2 Å². The van der Waals surface area contributed by atoms with Crippen molar-refractivity contribution < 1.29 is 9.15 Å². The number of hydrogen-bond acceptors (Lipinski definition) is 3. The summed E-state index contributed by atoms with van der Waals surface area (Å²) in [5, 5.41) is 6.21. The van der Waals surface area contributed by atoms with E-state index < -0.39 is 0 Å². The summed E-state index contributed by atoms with van der Waals surface area (Å²) < 4.78 is 12.3. The van der Waals surface area contributed by atoms with Gasteiger partial charge in [0.15, 0.2) is 0 Å². The van der Waals surface area contributed by atoms with E-state index in [0.29, 0.717) is 5.92 Å². The normalized spacial score (nSPS) is 24.0. The smallest absolute Gasteiger partial charge is 0.135 e. The summed E-state index contributed by atoms with van der Waals surface area (Å²) in [6, 6.07) is 21.8. The molecule has 0 spiro atoms. The molecule has 3 atom stereocenters. The summed E-state index contributed by atoms with van der Waals surface area (Å²) >= 11 is 0. The maximum absolute atomic E-state index is 6.30. The first-order chi connectivity index (χ1) is 13.8. The van der Waals surface area contributed by atoms with Gasteiger partial charge in [0.1, 0.15) is 11.2 Å². The first kappa shape index (κ1) is 16.2. The molecule has 4 aromatic rings. The van der Waals surface area contributed by atoms with Crippen LogP contribution < -0.4 is 5.32 Å². The van der Waals surface area contributed by atoms with Crippen molar-refractivity contribution in [3.05, 3.63) is 77.4 Å². The van der Waals surface area contributed by atoms with Crippen LogP contribution in [0.15, 0.2) is 65.1 Å². The maximum atomic E-state index is 6.30. The Morgan fingerprint density at radius 2 is 1.82 bits per heavy atom.